The third-order valence-corrected chi connectivity index (χ3v) is 6.77. The molecule has 0 aliphatic carbocycles. The van der Waals surface area contributed by atoms with Crippen LogP contribution in [0.15, 0.2) is 0 Å². The van der Waals surface area contributed by atoms with E-state index in [4.69, 9.17) is 0 Å². The van der Waals surface area contributed by atoms with E-state index in [1.165, 1.54) is 132 Å². The Balaban J connectivity index is 0.00000288. The van der Waals surface area contributed by atoms with Crippen molar-refractivity contribution in [3.05, 3.63) is 0 Å². The summed E-state index contributed by atoms with van der Waals surface area (Å²) in [5, 5.41) is 0. The molecule has 0 spiro atoms. The molecule has 0 radical (unpaired) electrons. The molecule has 144 valence electrons. The number of unbranched alkanes of at least 4 members (excludes halogenated alkanes) is 4. The molecule has 2 heterocycles. The molecule has 3 heteroatoms. The molecule has 2 nitrogen and oxygen atoms in total. The summed E-state index contributed by atoms with van der Waals surface area (Å²) >= 11 is 0. The Morgan fingerprint density at radius 1 is 0.500 bits per heavy atom. The molecule has 0 aromatic heterocycles. The van der Waals surface area contributed by atoms with Gasteiger partial charge in [-0.15, -0.1) is 0 Å². The number of hydrogen-bond donors (Lipinski definition) is 0. The lowest BCUT2D eigenvalue weighted by Crippen LogP contribution is -3.00. The zero-order valence-electron chi connectivity index (χ0n) is 16.7. The maximum absolute atomic E-state index is 2.35. The van der Waals surface area contributed by atoms with Crippen LogP contribution >= 0.6 is 0 Å². The van der Waals surface area contributed by atoms with Gasteiger partial charge in [0.25, 0.3) is 0 Å². The van der Waals surface area contributed by atoms with Crippen LogP contribution < -0.4 is 4.70 Å². The van der Waals surface area contributed by atoms with E-state index in [9.17, 15) is 0 Å². The van der Waals surface area contributed by atoms with Crippen LogP contribution in [-0.4, -0.2) is 61.3 Å². The zero-order valence-corrected chi connectivity index (χ0v) is 16.7. The maximum atomic E-state index is 2.35. The van der Waals surface area contributed by atoms with Crippen molar-refractivity contribution in [3.63, 3.8) is 0 Å². The number of rotatable bonds is 12. The fraction of sp³-hybridized carbons (Fsp3) is 1.00. The van der Waals surface area contributed by atoms with E-state index in [1.54, 1.807) is 0 Å². The monoisotopic (exact) mass is 343 g/mol. The molecule has 0 aromatic rings. The van der Waals surface area contributed by atoms with E-state index in [-0.39, 0.29) is 4.70 Å². The predicted molar refractivity (Wildman–Crippen MR) is 102 cm³/mol. The molecule has 0 amide bonds. The maximum Gasteiger partial charge on any atom is 0.0788 e. The van der Waals surface area contributed by atoms with E-state index in [1.807, 2.05) is 0 Å². The summed E-state index contributed by atoms with van der Waals surface area (Å²) < 4.78 is 2.95. The normalized spacial score (nSPS) is 21.8. The fourth-order valence-electron chi connectivity index (χ4n) is 5.19. The summed E-state index contributed by atoms with van der Waals surface area (Å²) in [5.74, 6) is 0. The summed E-state index contributed by atoms with van der Waals surface area (Å²) in [6.07, 6.45) is 16.0. The Morgan fingerprint density at radius 2 is 0.833 bits per heavy atom. The molecule has 0 saturated carbocycles. The highest BCUT2D eigenvalue weighted by Gasteiger charge is 2.32. The van der Waals surface area contributed by atoms with Gasteiger partial charge < -0.3 is 13.7 Å². The topological polar surface area (TPSA) is 0 Å². The average molecular weight is 344 g/mol. The van der Waals surface area contributed by atoms with E-state index >= 15 is 0 Å². The van der Waals surface area contributed by atoms with Gasteiger partial charge >= 0.3 is 0 Å². The first-order valence-electron chi connectivity index (χ1n) is 10.9. The molecule has 2 saturated heterocycles. The summed E-state index contributed by atoms with van der Waals surface area (Å²) in [6.45, 7) is 16.5. The number of likely N-dealkylation sites (tertiary alicyclic amines) is 2. The Hall–Kier alpha value is -0.150. The molecule has 2 fully saturated rings. The van der Waals surface area contributed by atoms with Gasteiger partial charge in [0.05, 0.1) is 52.4 Å². The molecule has 2 rings (SSSR count). The van der Waals surface area contributed by atoms with Crippen molar-refractivity contribution in [3.8, 4) is 0 Å². The second kappa shape index (κ2) is 11.5. The lowest BCUT2D eigenvalue weighted by atomic mass is 10.1. The Labute approximate surface area is 151 Å². The van der Waals surface area contributed by atoms with Crippen molar-refractivity contribution in [1.29, 1.82) is 0 Å². The third kappa shape index (κ3) is 6.63. The van der Waals surface area contributed by atoms with Gasteiger partial charge in [-0.25, -0.2) is 0 Å². The van der Waals surface area contributed by atoms with Crippen molar-refractivity contribution in [1.82, 2.24) is 0 Å². The summed E-state index contributed by atoms with van der Waals surface area (Å²) in [6, 6.07) is 0. The number of quaternary nitrogens is 2. The molecular weight excluding hydrogens is 299 g/mol. The average Bonchev–Trinajstić information content (AvgIpc) is 3.22. The molecule has 0 aromatic carbocycles. The molecule has 0 bridgehead atoms. The van der Waals surface area contributed by atoms with Crippen LogP contribution in [0.3, 0.4) is 0 Å². The van der Waals surface area contributed by atoms with E-state index in [2.05, 4.69) is 13.8 Å². The zero-order chi connectivity index (χ0) is 16.4. The minimum atomic E-state index is 0. The molecule has 24 heavy (non-hydrogen) atoms. The standard InChI is InChI=1S/C21H44N2.FH/c1-3-5-14-22(18-10-11-19-22)16-8-7-9-17-23(15-6-4-2)20-12-13-21-23;/h3-21H2,1-2H3;1H/q+2;/p-1. The van der Waals surface area contributed by atoms with E-state index in [0.29, 0.717) is 0 Å². The van der Waals surface area contributed by atoms with Crippen LogP contribution in [0.4, 0.5) is 0 Å². The minimum absolute atomic E-state index is 0. The molecule has 0 unspecified atom stereocenters. The van der Waals surface area contributed by atoms with Gasteiger partial charge in [-0.2, -0.15) is 0 Å². The SMILES string of the molecule is CCCC[N+]1(CCCCC[N+]2(CCCC)CCCC2)CCCC1.[F-]. The van der Waals surface area contributed by atoms with Gasteiger partial charge in [-0.05, 0) is 32.1 Å². The van der Waals surface area contributed by atoms with Crippen LogP contribution in [0, 0.1) is 0 Å². The van der Waals surface area contributed by atoms with Crippen LogP contribution in [0.2, 0.25) is 0 Å². The van der Waals surface area contributed by atoms with Crippen LogP contribution in [0.5, 0.6) is 0 Å². The highest BCUT2D eigenvalue weighted by Crippen LogP contribution is 2.24. The quantitative estimate of drug-likeness (QED) is 0.375. The van der Waals surface area contributed by atoms with E-state index in [0.717, 1.165) is 0 Å². The molecule has 2 aliphatic heterocycles. The van der Waals surface area contributed by atoms with Gasteiger partial charge in [0, 0.05) is 25.7 Å². The second-order valence-corrected chi connectivity index (χ2v) is 8.65. The summed E-state index contributed by atoms with van der Waals surface area (Å²) in [4.78, 5) is 0. The minimum Gasteiger partial charge on any atom is -1.00 e. The number of halogens is 1. The van der Waals surface area contributed by atoms with Gasteiger partial charge in [0.15, 0.2) is 0 Å². The first-order valence-corrected chi connectivity index (χ1v) is 10.9. The second-order valence-electron chi connectivity index (χ2n) is 8.65. The highest BCUT2D eigenvalue weighted by atomic mass is 19.0. The van der Waals surface area contributed by atoms with Crippen LogP contribution in [0.25, 0.3) is 0 Å². The third-order valence-electron chi connectivity index (χ3n) is 6.77. The first kappa shape index (κ1) is 21.9. The fourth-order valence-corrected chi connectivity index (χ4v) is 5.19. The van der Waals surface area contributed by atoms with Crippen molar-refractivity contribution in [2.24, 2.45) is 0 Å². The molecule has 0 N–H and O–H groups in total. The van der Waals surface area contributed by atoms with Gasteiger partial charge in [-0.3, -0.25) is 0 Å². The van der Waals surface area contributed by atoms with Gasteiger partial charge in [0.2, 0.25) is 0 Å². The number of nitrogens with zero attached hydrogens (tertiary/aromatic N) is 2. The lowest BCUT2D eigenvalue weighted by Gasteiger charge is -2.36. The van der Waals surface area contributed by atoms with E-state index < -0.39 is 0 Å². The number of hydrogen-bond acceptors (Lipinski definition) is 0. The smallest absolute Gasteiger partial charge is 0.0788 e. The largest absolute Gasteiger partial charge is 1.00 e. The Morgan fingerprint density at radius 3 is 1.17 bits per heavy atom. The van der Waals surface area contributed by atoms with Crippen LogP contribution in [-0.2, 0) is 0 Å². The Bertz CT molecular complexity index is 277. The molecule has 2 aliphatic rings. The van der Waals surface area contributed by atoms with Crippen molar-refractivity contribution in [2.45, 2.75) is 84.5 Å². The lowest BCUT2D eigenvalue weighted by molar-refractivity contribution is -0.919. The summed E-state index contributed by atoms with van der Waals surface area (Å²) in [7, 11) is 0. The summed E-state index contributed by atoms with van der Waals surface area (Å²) in [5.41, 5.74) is 0. The highest BCUT2D eigenvalue weighted by molar-refractivity contribution is 4.58. The first-order chi connectivity index (χ1) is 11.2. The van der Waals surface area contributed by atoms with Crippen molar-refractivity contribution < 1.29 is 13.7 Å². The van der Waals surface area contributed by atoms with Crippen molar-refractivity contribution >= 4 is 0 Å². The predicted octanol–water partition coefficient (Wildman–Crippen LogP) is 1.98. The van der Waals surface area contributed by atoms with Crippen LogP contribution in [0.1, 0.15) is 84.5 Å². The molecular formula is C21H44FN2+. The Kier molecular flexibility index (Phi) is 10.5. The van der Waals surface area contributed by atoms with Crippen molar-refractivity contribution in [2.75, 3.05) is 52.4 Å². The van der Waals surface area contributed by atoms with Gasteiger partial charge in [0.1, 0.15) is 0 Å². The van der Waals surface area contributed by atoms with Gasteiger partial charge in [-0.1, -0.05) is 26.7 Å². The molecule has 0 atom stereocenters.